The Morgan fingerprint density at radius 3 is 2.63 bits per heavy atom. The molecule has 1 fully saturated rings. The maximum Gasteiger partial charge on any atom is 0.415 e. The molecule has 6 nitrogen and oxygen atoms in total. The van der Waals surface area contributed by atoms with Gasteiger partial charge in [0, 0.05) is 36.8 Å². The standard InChI is InChI=1S/C22H24FN3O3S/c23-16-7-8-20-18(15-16)19(9-14-30-20)24-21(27)25-10-4-11-26(13-12-25)22(28)29-17-5-2-1-3-6-17/h1-3,5-8,15,19H,4,9-14H2,(H,24,27). The molecule has 158 valence electrons. The predicted molar refractivity (Wildman–Crippen MR) is 113 cm³/mol. The number of nitrogens with one attached hydrogen (secondary N) is 1. The molecule has 0 saturated carbocycles. The maximum atomic E-state index is 13.7. The summed E-state index contributed by atoms with van der Waals surface area (Å²) < 4.78 is 19.1. The third-order valence-corrected chi connectivity index (χ3v) is 6.42. The van der Waals surface area contributed by atoms with Gasteiger partial charge >= 0.3 is 12.1 Å². The summed E-state index contributed by atoms with van der Waals surface area (Å²) in [6, 6.07) is 13.3. The van der Waals surface area contributed by atoms with Crippen molar-refractivity contribution < 1.29 is 18.7 Å². The van der Waals surface area contributed by atoms with Crippen LogP contribution < -0.4 is 10.1 Å². The Kier molecular flexibility index (Phi) is 6.42. The highest BCUT2D eigenvalue weighted by molar-refractivity contribution is 7.99. The van der Waals surface area contributed by atoms with Gasteiger partial charge in [0.25, 0.3) is 0 Å². The molecule has 3 amide bonds. The highest BCUT2D eigenvalue weighted by Gasteiger charge is 2.27. The number of para-hydroxylation sites is 1. The number of hydrogen-bond acceptors (Lipinski definition) is 4. The molecule has 2 aliphatic rings. The van der Waals surface area contributed by atoms with E-state index >= 15 is 0 Å². The van der Waals surface area contributed by atoms with Crippen molar-refractivity contribution in [3.8, 4) is 5.75 Å². The van der Waals surface area contributed by atoms with Crippen LogP contribution in [0.3, 0.4) is 0 Å². The number of thioether (sulfide) groups is 1. The molecule has 1 N–H and O–H groups in total. The third-order valence-electron chi connectivity index (χ3n) is 5.30. The number of carbonyl (C=O) groups excluding carboxylic acids is 2. The Labute approximate surface area is 179 Å². The summed E-state index contributed by atoms with van der Waals surface area (Å²) in [7, 11) is 0. The number of nitrogens with zero attached hydrogens (tertiary/aromatic N) is 2. The highest BCUT2D eigenvalue weighted by Crippen LogP contribution is 2.36. The normalized spacial score (nSPS) is 18.9. The molecule has 0 aromatic heterocycles. The van der Waals surface area contributed by atoms with Crippen LogP contribution in [0.15, 0.2) is 53.4 Å². The van der Waals surface area contributed by atoms with E-state index in [4.69, 9.17) is 4.74 Å². The molecule has 2 aliphatic heterocycles. The number of fused-ring (bicyclic) bond motifs is 1. The van der Waals surface area contributed by atoms with Crippen molar-refractivity contribution in [2.75, 3.05) is 31.9 Å². The van der Waals surface area contributed by atoms with Crippen LogP contribution in [0.1, 0.15) is 24.4 Å². The second-order valence-corrected chi connectivity index (χ2v) is 8.47. The number of halogens is 1. The Morgan fingerprint density at radius 2 is 1.80 bits per heavy atom. The fourth-order valence-corrected chi connectivity index (χ4v) is 4.82. The van der Waals surface area contributed by atoms with Crippen LogP contribution in [-0.4, -0.2) is 53.9 Å². The van der Waals surface area contributed by atoms with Crippen molar-refractivity contribution in [1.29, 1.82) is 0 Å². The molecule has 2 aromatic rings. The average Bonchev–Trinajstić information content (AvgIpc) is 3.01. The first-order valence-electron chi connectivity index (χ1n) is 10.1. The van der Waals surface area contributed by atoms with Gasteiger partial charge in [-0.25, -0.2) is 14.0 Å². The van der Waals surface area contributed by atoms with Crippen molar-refractivity contribution in [3.05, 3.63) is 59.9 Å². The maximum absolute atomic E-state index is 13.7. The molecule has 0 bridgehead atoms. The number of ether oxygens (including phenoxy) is 1. The van der Waals surface area contributed by atoms with Gasteiger partial charge in [0.05, 0.1) is 6.04 Å². The van der Waals surface area contributed by atoms with Gasteiger partial charge in [-0.3, -0.25) is 0 Å². The Hall–Kier alpha value is -2.74. The smallest absolute Gasteiger partial charge is 0.410 e. The van der Waals surface area contributed by atoms with Crippen molar-refractivity contribution in [2.45, 2.75) is 23.8 Å². The van der Waals surface area contributed by atoms with Crippen LogP contribution >= 0.6 is 11.8 Å². The Bertz CT molecular complexity index is 912. The quantitative estimate of drug-likeness (QED) is 0.774. The molecule has 1 unspecified atom stereocenters. The monoisotopic (exact) mass is 429 g/mol. The largest absolute Gasteiger partial charge is 0.415 e. The van der Waals surface area contributed by atoms with Crippen LogP contribution in [0.5, 0.6) is 5.75 Å². The van der Waals surface area contributed by atoms with E-state index in [0.29, 0.717) is 38.3 Å². The van der Waals surface area contributed by atoms with Crippen molar-refractivity contribution in [2.24, 2.45) is 0 Å². The van der Waals surface area contributed by atoms with E-state index in [1.165, 1.54) is 12.1 Å². The van der Waals surface area contributed by atoms with E-state index in [9.17, 15) is 14.0 Å². The van der Waals surface area contributed by atoms with Crippen LogP contribution in [-0.2, 0) is 0 Å². The zero-order chi connectivity index (χ0) is 20.9. The Balaban J connectivity index is 1.34. The Morgan fingerprint density at radius 1 is 1.03 bits per heavy atom. The lowest BCUT2D eigenvalue weighted by Crippen LogP contribution is -2.44. The minimum absolute atomic E-state index is 0.180. The zero-order valence-electron chi connectivity index (χ0n) is 16.6. The van der Waals surface area contributed by atoms with Gasteiger partial charge < -0.3 is 19.9 Å². The first-order chi connectivity index (χ1) is 14.6. The number of rotatable bonds is 2. The second kappa shape index (κ2) is 9.38. The molecule has 8 heteroatoms. The van der Waals surface area contributed by atoms with Gasteiger partial charge in [0.2, 0.25) is 0 Å². The topological polar surface area (TPSA) is 61.9 Å². The number of amides is 3. The number of hydrogen-bond donors (Lipinski definition) is 1. The molecule has 1 atom stereocenters. The molecular weight excluding hydrogens is 405 g/mol. The minimum Gasteiger partial charge on any atom is -0.410 e. The summed E-state index contributed by atoms with van der Waals surface area (Å²) >= 11 is 1.68. The fraction of sp³-hybridized carbons (Fsp3) is 0.364. The second-order valence-electron chi connectivity index (χ2n) is 7.33. The summed E-state index contributed by atoms with van der Waals surface area (Å²) in [6.07, 6.45) is 1.02. The van der Waals surface area contributed by atoms with E-state index in [1.54, 1.807) is 39.8 Å². The summed E-state index contributed by atoms with van der Waals surface area (Å²) in [5, 5.41) is 3.06. The molecule has 0 radical (unpaired) electrons. The molecular formula is C22H24FN3O3S. The lowest BCUT2D eigenvalue weighted by atomic mass is 10.0. The van der Waals surface area contributed by atoms with Crippen LogP contribution in [0.4, 0.5) is 14.0 Å². The van der Waals surface area contributed by atoms with Gasteiger partial charge in [-0.15, -0.1) is 11.8 Å². The van der Waals surface area contributed by atoms with Gasteiger partial charge in [0.15, 0.2) is 0 Å². The van der Waals surface area contributed by atoms with E-state index < -0.39 is 6.09 Å². The van der Waals surface area contributed by atoms with E-state index in [0.717, 1.165) is 22.6 Å². The lowest BCUT2D eigenvalue weighted by Gasteiger charge is -2.29. The molecule has 2 heterocycles. The van der Waals surface area contributed by atoms with Gasteiger partial charge in [-0.1, -0.05) is 18.2 Å². The molecule has 2 aromatic carbocycles. The average molecular weight is 430 g/mol. The summed E-state index contributed by atoms with van der Waals surface area (Å²) in [4.78, 5) is 29.6. The number of urea groups is 1. The zero-order valence-corrected chi connectivity index (χ0v) is 17.4. The van der Waals surface area contributed by atoms with E-state index in [2.05, 4.69) is 5.32 Å². The van der Waals surface area contributed by atoms with Gasteiger partial charge in [0.1, 0.15) is 11.6 Å². The first-order valence-corrected chi connectivity index (χ1v) is 11.1. The lowest BCUT2D eigenvalue weighted by molar-refractivity contribution is 0.153. The molecule has 4 rings (SSSR count). The minimum atomic E-state index is -0.405. The van der Waals surface area contributed by atoms with Crippen molar-refractivity contribution >= 4 is 23.9 Å². The van der Waals surface area contributed by atoms with Gasteiger partial charge in [-0.05, 0) is 48.7 Å². The van der Waals surface area contributed by atoms with Gasteiger partial charge in [-0.2, -0.15) is 0 Å². The third kappa shape index (κ3) is 4.87. The fourth-order valence-electron chi connectivity index (χ4n) is 3.71. The van der Waals surface area contributed by atoms with Crippen molar-refractivity contribution in [3.63, 3.8) is 0 Å². The van der Waals surface area contributed by atoms with E-state index in [-0.39, 0.29) is 17.9 Å². The summed E-state index contributed by atoms with van der Waals surface area (Å²) in [6.45, 7) is 1.92. The predicted octanol–water partition coefficient (Wildman–Crippen LogP) is 4.28. The first kappa shape index (κ1) is 20.5. The summed E-state index contributed by atoms with van der Waals surface area (Å²) in [5.41, 5.74) is 0.836. The van der Waals surface area contributed by atoms with E-state index in [1.807, 2.05) is 18.2 Å². The van der Waals surface area contributed by atoms with Crippen LogP contribution in [0.2, 0.25) is 0 Å². The number of carbonyl (C=O) groups is 2. The highest BCUT2D eigenvalue weighted by atomic mass is 32.2. The molecule has 1 saturated heterocycles. The molecule has 0 spiro atoms. The SMILES string of the molecule is O=C(NC1CCSc2ccc(F)cc21)N1CCCN(C(=O)Oc2ccccc2)CC1. The molecule has 30 heavy (non-hydrogen) atoms. The van der Waals surface area contributed by atoms with Crippen LogP contribution in [0, 0.1) is 5.82 Å². The number of benzene rings is 2. The van der Waals surface area contributed by atoms with Crippen molar-refractivity contribution in [1.82, 2.24) is 15.1 Å². The molecule has 0 aliphatic carbocycles. The van der Waals surface area contributed by atoms with Crippen LogP contribution in [0.25, 0.3) is 0 Å². The summed E-state index contributed by atoms with van der Waals surface area (Å²) in [5.74, 6) is 1.09.